The fraction of sp³-hybridized carbons (Fsp3) is 0.200. The van der Waals surface area contributed by atoms with Crippen LogP contribution in [0.1, 0.15) is 18.7 Å². The number of non-ortho nitro benzene ring substituents is 1. The highest BCUT2D eigenvalue weighted by molar-refractivity contribution is 6.02. The first-order chi connectivity index (χ1) is 13.9. The van der Waals surface area contributed by atoms with Crippen LogP contribution in [0.4, 0.5) is 11.4 Å². The van der Waals surface area contributed by atoms with Gasteiger partial charge in [-0.1, -0.05) is 18.2 Å². The summed E-state index contributed by atoms with van der Waals surface area (Å²) in [4.78, 5) is 36.5. The van der Waals surface area contributed by atoms with Crippen LogP contribution in [0, 0.1) is 10.1 Å². The van der Waals surface area contributed by atoms with Crippen molar-refractivity contribution < 1.29 is 23.7 Å². The Morgan fingerprint density at radius 1 is 1.28 bits per heavy atom. The smallest absolute Gasteiger partial charge is 0.271 e. The standard InChI is InChI=1S/C20H17N3O6/c1-12(18-8-13-4-2-3-5-16(13)29-18)21-19(24)10-22-15-9-14(23(26)27)6-7-17(15)28-11-20(22)25/h2-9,12H,10-11H2,1H3,(H,21,24)/t12-/m0/s1. The lowest BCUT2D eigenvalue weighted by Crippen LogP contribution is -2.45. The van der Waals surface area contributed by atoms with E-state index in [9.17, 15) is 19.7 Å². The molecule has 1 aromatic heterocycles. The van der Waals surface area contributed by atoms with E-state index in [1.165, 1.54) is 23.1 Å². The van der Waals surface area contributed by atoms with E-state index in [4.69, 9.17) is 9.15 Å². The van der Waals surface area contributed by atoms with Crippen molar-refractivity contribution in [2.75, 3.05) is 18.1 Å². The highest BCUT2D eigenvalue weighted by Crippen LogP contribution is 2.35. The molecule has 1 atom stereocenters. The third-order valence-electron chi connectivity index (χ3n) is 4.65. The molecule has 0 unspecified atom stereocenters. The van der Waals surface area contributed by atoms with Gasteiger partial charge in [-0.15, -0.1) is 0 Å². The molecule has 1 aliphatic rings. The molecular weight excluding hydrogens is 378 g/mol. The second-order valence-electron chi connectivity index (χ2n) is 6.65. The fourth-order valence-corrected chi connectivity index (χ4v) is 3.20. The van der Waals surface area contributed by atoms with Crippen LogP contribution in [-0.2, 0) is 9.59 Å². The van der Waals surface area contributed by atoms with Crippen molar-refractivity contribution in [3.8, 4) is 5.75 Å². The normalized spacial score (nSPS) is 14.2. The Labute approximate surface area is 165 Å². The van der Waals surface area contributed by atoms with Crippen molar-refractivity contribution >= 4 is 34.2 Å². The van der Waals surface area contributed by atoms with Crippen LogP contribution in [0.15, 0.2) is 52.9 Å². The van der Waals surface area contributed by atoms with E-state index >= 15 is 0 Å². The van der Waals surface area contributed by atoms with Gasteiger partial charge in [0.1, 0.15) is 23.6 Å². The summed E-state index contributed by atoms with van der Waals surface area (Å²) in [6, 6.07) is 12.9. The molecule has 2 aromatic carbocycles. The maximum atomic E-state index is 12.6. The molecule has 0 saturated heterocycles. The van der Waals surface area contributed by atoms with E-state index in [0.717, 1.165) is 5.39 Å². The Bertz CT molecular complexity index is 1090. The maximum absolute atomic E-state index is 12.6. The lowest BCUT2D eigenvalue weighted by Gasteiger charge is -2.28. The van der Waals surface area contributed by atoms with Crippen LogP contribution in [-0.4, -0.2) is 29.9 Å². The van der Waals surface area contributed by atoms with Crippen molar-refractivity contribution in [3.63, 3.8) is 0 Å². The second kappa shape index (κ2) is 7.27. The summed E-state index contributed by atoms with van der Waals surface area (Å²) in [5.74, 6) is 0.0208. The zero-order valence-electron chi connectivity index (χ0n) is 15.5. The fourth-order valence-electron chi connectivity index (χ4n) is 3.20. The number of nitro groups is 1. The summed E-state index contributed by atoms with van der Waals surface area (Å²) in [5.41, 5.74) is 0.721. The van der Waals surface area contributed by atoms with Crippen molar-refractivity contribution in [2.24, 2.45) is 0 Å². The van der Waals surface area contributed by atoms with Gasteiger partial charge < -0.3 is 14.5 Å². The molecule has 29 heavy (non-hydrogen) atoms. The number of carbonyl (C=O) groups is 2. The van der Waals surface area contributed by atoms with Crippen LogP contribution >= 0.6 is 0 Å². The van der Waals surface area contributed by atoms with Crippen LogP contribution in [0.25, 0.3) is 11.0 Å². The molecule has 9 heteroatoms. The number of para-hydroxylation sites is 1. The van der Waals surface area contributed by atoms with E-state index in [0.29, 0.717) is 17.1 Å². The second-order valence-corrected chi connectivity index (χ2v) is 6.65. The maximum Gasteiger partial charge on any atom is 0.271 e. The number of hydrogen-bond donors (Lipinski definition) is 1. The molecule has 2 amide bonds. The summed E-state index contributed by atoms with van der Waals surface area (Å²) in [5, 5.41) is 14.8. The van der Waals surface area contributed by atoms with E-state index in [1.807, 2.05) is 30.3 Å². The number of ether oxygens (including phenoxy) is 1. The minimum absolute atomic E-state index is 0.192. The summed E-state index contributed by atoms with van der Waals surface area (Å²) >= 11 is 0. The molecule has 0 bridgehead atoms. The summed E-state index contributed by atoms with van der Waals surface area (Å²) < 4.78 is 11.1. The molecular formula is C20H17N3O6. The van der Waals surface area contributed by atoms with Gasteiger partial charge in [-0.05, 0) is 25.1 Å². The summed E-state index contributed by atoms with van der Waals surface area (Å²) in [6.07, 6.45) is 0. The number of rotatable bonds is 5. The Kier molecular flexibility index (Phi) is 4.63. The van der Waals surface area contributed by atoms with Crippen molar-refractivity contribution in [1.29, 1.82) is 0 Å². The number of nitrogens with one attached hydrogen (secondary N) is 1. The first-order valence-electron chi connectivity index (χ1n) is 8.92. The van der Waals surface area contributed by atoms with Gasteiger partial charge >= 0.3 is 0 Å². The first-order valence-corrected chi connectivity index (χ1v) is 8.92. The first kappa shape index (κ1) is 18.5. The third-order valence-corrected chi connectivity index (χ3v) is 4.65. The van der Waals surface area contributed by atoms with Crippen molar-refractivity contribution in [3.05, 3.63) is 64.4 Å². The van der Waals surface area contributed by atoms with Gasteiger partial charge in [0.2, 0.25) is 5.91 Å². The van der Waals surface area contributed by atoms with Gasteiger partial charge in [0, 0.05) is 17.5 Å². The number of anilines is 1. The number of hydrogen-bond acceptors (Lipinski definition) is 6. The van der Waals surface area contributed by atoms with Crippen LogP contribution in [0.5, 0.6) is 5.75 Å². The van der Waals surface area contributed by atoms with Crippen molar-refractivity contribution in [1.82, 2.24) is 5.32 Å². The molecule has 1 N–H and O–H groups in total. The molecule has 2 heterocycles. The van der Waals surface area contributed by atoms with Crippen LogP contribution < -0.4 is 15.0 Å². The molecule has 0 saturated carbocycles. The number of fused-ring (bicyclic) bond motifs is 2. The van der Waals surface area contributed by atoms with E-state index in [-0.39, 0.29) is 24.5 Å². The minimum atomic E-state index is -0.568. The van der Waals surface area contributed by atoms with Gasteiger partial charge in [0.15, 0.2) is 6.61 Å². The molecule has 0 fully saturated rings. The number of nitro benzene ring substituents is 1. The predicted molar refractivity (Wildman–Crippen MR) is 104 cm³/mol. The van der Waals surface area contributed by atoms with Gasteiger partial charge in [0.25, 0.3) is 11.6 Å². The number of carbonyl (C=O) groups excluding carboxylic acids is 2. The largest absolute Gasteiger partial charge is 0.482 e. The lowest BCUT2D eigenvalue weighted by molar-refractivity contribution is -0.384. The molecule has 1 aliphatic heterocycles. The number of benzene rings is 2. The predicted octanol–water partition coefficient (Wildman–Crippen LogP) is 2.94. The summed E-state index contributed by atoms with van der Waals surface area (Å²) in [6.45, 7) is 1.24. The molecule has 0 radical (unpaired) electrons. The zero-order valence-corrected chi connectivity index (χ0v) is 15.5. The van der Waals surface area contributed by atoms with Crippen LogP contribution in [0.2, 0.25) is 0 Å². The SMILES string of the molecule is C[C@H](NC(=O)CN1C(=O)COc2ccc([N+](=O)[O-])cc21)c1cc2ccccc2o1. The number of furan rings is 1. The Balaban J connectivity index is 1.51. The van der Waals surface area contributed by atoms with E-state index in [2.05, 4.69) is 5.32 Å². The average Bonchev–Trinajstić information content (AvgIpc) is 3.14. The molecule has 4 rings (SSSR count). The molecule has 3 aromatic rings. The molecule has 9 nitrogen and oxygen atoms in total. The van der Waals surface area contributed by atoms with E-state index < -0.39 is 22.8 Å². The van der Waals surface area contributed by atoms with Gasteiger partial charge in [-0.2, -0.15) is 0 Å². The Hall–Kier alpha value is -3.88. The number of nitrogens with zero attached hydrogens (tertiary/aromatic N) is 2. The summed E-state index contributed by atoms with van der Waals surface area (Å²) in [7, 11) is 0. The topological polar surface area (TPSA) is 115 Å². The number of amides is 2. The minimum Gasteiger partial charge on any atom is -0.482 e. The van der Waals surface area contributed by atoms with Gasteiger partial charge in [-0.25, -0.2) is 0 Å². The quantitative estimate of drug-likeness (QED) is 0.525. The van der Waals surface area contributed by atoms with Gasteiger partial charge in [0.05, 0.1) is 16.7 Å². The highest BCUT2D eigenvalue weighted by Gasteiger charge is 2.29. The zero-order chi connectivity index (χ0) is 20.5. The molecule has 0 spiro atoms. The Morgan fingerprint density at radius 2 is 2.07 bits per heavy atom. The Morgan fingerprint density at radius 3 is 2.83 bits per heavy atom. The average molecular weight is 395 g/mol. The van der Waals surface area contributed by atoms with Crippen LogP contribution in [0.3, 0.4) is 0 Å². The monoisotopic (exact) mass is 395 g/mol. The van der Waals surface area contributed by atoms with E-state index in [1.54, 1.807) is 6.92 Å². The third kappa shape index (κ3) is 3.62. The van der Waals surface area contributed by atoms with Gasteiger partial charge in [-0.3, -0.25) is 24.6 Å². The van der Waals surface area contributed by atoms with Crippen molar-refractivity contribution in [2.45, 2.75) is 13.0 Å². The molecule has 0 aliphatic carbocycles. The lowest BCUT2D eigenvalue weighted by atomic mass is 10.2. The highest BCUT2D eigenvalue weighted by atomic mass is 16.6. The molecule has 148 valence electrons.